The van der Waals surface area contributed by atoms with Gasteiger partial charge in [0.1, 0.15) is 12.8 Å². The average Bonchev–Trinajstić information content (AvgIpc) is 3.23. The summed E-state index contributed by atoms with van der Waals surface area (Å²) in [6, 6.07) is 16.4. The van der Waals surface area contributed by atoms with Crippen molar-refractivity contribution in [3.63, 3.8) is 0 Å². The van der Waals surface area contributed by atoms with Gasteiger partial charge < -0.3 is 14.4 Å². The maximum absolute atomic E-state index is 13.5. The van der Waals surface area contributed by atoms with Gasteiger partial charge in [0.05, 0.1) is 22.7 Å². The number of carbonyl (C=O) groups excluding carboxylic acids is 1. The molecule has 2 aliphatic rings. The normalized spacial score (nSPS) is 19.0. The monoisotopic (exact) mass is 469 g/mol. The Bertz CT molecular complexity index is 1470. The van der Waals surface area contributed by atoms with Crippen LogP contribution in [0.4, 0.5) is 5.69 Å². The molecule has 5 nitrogen and oxygen atoms in total. The summed E-state index contributed by atoms with van der Waals surface area (Å²) in [6.07, 6.45) is 2.87. The van der Waals surface area contributed by atoms with E-state index in [4.69, 9.17) is 4.74 Å². The number of ketones is 1. The number of aliphatic hydroxyl groups is 1. The number of para-hydroxylation sites is 2. The van der Waals surface area contributed by atoms with Crippen LogP contribution < -0.4 is 0 Å². The number of methoxy groups -OCH3 is 1. The summed E-state index contributed by atoms with van der Waals surface area (Å²) in [7, 11) is 3.74. The molecule has 0 saturated carbocycles. The molecule has 0 bridgehead atoms. The third-order valence-corrected chi connectivity index (χ3v) is 7.83. The SMILES string of the molecule is COC(C)CCn1c(C)c(C2=C(O)C(=CC3=[N+](C)c4ccccc4C3(C)C)C2=O)c2ccccc21. The summed E-state index contributed by atoms with van der Waals surface area (Å²) in [4.78, 5) is 13.5. The zero-order valence-electron chi connectivity index (χ0n) is 21.3. The minimum Gasteiger partial charge on any atom is -0.506 e. The smallest absolute Gasteiger partial charge is 0.209 e. The molecule has 0 fully saturated rings. The highest BCUT2D eigenvalue weighted by Crippen LogP contribution is 2.44. The van der Waals surface area contributed by atoms with E-state index in [1.165, 1.54) is 5.56 Å². The van der Waals surface area contributed by atoms with Gasteiger partial charge in [-0.05, 0) is 40.2 Å². The van der Waals surface area contributed by atoms with Crippen molar-refractivity contribution in [3.05, 3.63) is 82.8 Å². The lowest BCUT2D eigenvalue weighted by atomic mass is 9.77. The van der Waals surface area contributed by atoms with E-state index in [1.807, 2.05) is 50.4 Å². The van der Waals surface area contributed by atoms with Crippen molar-refractivity contribution >= 4 is 33.7 Å². The minimum absolute atomic E-state index is 0.0823. The van der Waals surface area contributed by atoms with Gasteiger partial charge in [-0.1, -0.05) is 36.4 Å². The quantitative estimate of drug-likeness (QED) is 0.363. The maximum atomic E-state index is 13.5. The van der Waals surface area contributed by atoms with Gasteiger partial charge in [-0.2, -0.15) is 4.58 Å². The maximum Gasteiger partial charge on any atom is 0.209 e. The predicted octanol–water partition coefficient (Wildman–Crippen LogP) is 5.86. The summed E-state index contributed by atoms with van der Waals surface area (Å²) in [5, 5.41) is 12.2. The third-order valence-electron chi connectivity index (χ3n) is 7.83. The van der Waals surface area contributed by atoms with Crippen LogP contribution in [0.2, 0.25) is 0 Å². The van der Waals surface area contributed by atoms with Gasteiger partial charge in [0.15, 0.2) is 5.71 Å². The van der Waals surface area contributed by atoms with Gasteiger partial charge in [-0.3, -0.25) is 4.79 Å². The van der Waals surface area contributed by atoms with Crippen molar-refractivity contribution in [3.8, 4) is 0 Å². The van der Waals surface area contributed by atoms with Gasteiger partial charge in [-0.15, -0.1) is 0 Å². The molecule has 0 saturated heterocycles. The Kier molecular flexibility index (Phi) is 5.56. The number of aliphatic hydroxyl groups excluding tert-OH is 1. The van der Waals surface area contributed by atoms with Gasteiger partial charge >= 0.3 is 0 Å². The molecule has 3 aromatic rings. The van der Waals surface area contributed by atoms with Crippen LogP contribution in [0.3, 0.4) is 0 Å². The van der Waals surface area contributed by atoms with Crippen LogP contribution in [-0.2, 0) is 21.5 Å². The second-order valence-electron chi connectivity index (χ2n) is 10.2. The fraction of sp³-hybridized carbons (Fsp3) is 0.333. The van der Waals surface area contributed by atoms with Crippen molar-refractivity contribution < 1.29 is 19.2 Å². The largest absolute Gasteiger partial charge is 0.506 e. The number of aromatic nitrogens is 1. The van der Waals surface area contributed by atoms with Gasteiger partial charge in [0, 0.05) is 53.5 Å². The van der Waals surface area contributed by atoms with Crippen LogP contribution in [-0.4, -0.2) is 46.0 Å². The first-order valence-corrected chi connectivity index (χ1v) is 12.2. The van der Waals surface area contributed by atoms with E-state index in [9.17, 15) is 9.90 Å². The second-order valence-corrected chi connectivity index (χ2v) is 10.2. The number of aryl methyl sites for hydroxylation is 1. The Balaban J connectivity index is 1.59. The molecule has 1 aliphatic carbocycles. The number of nitrogens with zero attached hydrogens (tertiary/aromatic N) is 2. The Morgan fingerprint density at radius 1 is 1.14 bits per heavy atom. The van der Waals surface area contributed by atoms with E-state index in [0.717, 1.165) is 46.5 Å². The van der Waals surface area contributed by atoms with Crippen LogP contribution >= 0.6 is 0 Å². The highest BCUT2D eigenvalue weighted by atomic mass is 16.5. The molecule has 0 radical (unpaired) electrons. The summed E-state index contributed by atoms with van der Waals surface area (Å²) in [5.74, 6) is -0.0228. The third kappa shape index (κ3) is 3.41. The first kappa shape index (κ1) is 23.3. The van der Waals surface area contributed by atoms with Crippen LogP contribution in [0, 0.1) is 6.92 Å². The molecule has 0 spiro atoms. The molecule has 5 rings (SSSR count). The molecule has 5 heteroatoms. The lowest BCUT2D eigenvalue weighted by Crippen LogP contribution is -2.30. The summed E-state index contributed by atoms with van der Waals surface area (Å²) in [6.45, 7) is 9.18. The molecule has 0 amide bonds. The highest BCUT2D eigenvalue weighted by molar-refractivity contribution is 6.41. The van der Waals surface area contributed by atoms with Crippen LogP contribution in [0.1, 0.15) is 44.0 Å². The fourth-order valence-electron chi connectivity index (χ4n) is 5.65. The Labute approximate surface area is 206 Å². The van der Waals surface area contributed by atoms with Crippen LogP contribution in [0.5, 0.6) is 0 Å². The number of Topliss-reactive ketones (excluding diaryl/α,β-unsaturated/α-hetero) is 1. The standard InChI is InChI=1S/C30H32N2O3/c1-18(35-6)15-16-32-19(2)26(20-11-7-9-13-23(20)32)27-28(33)21(29(27)34)17-25-30(3,4)22-12-8-10-14-24(22)31(25)5/h7-14,17-18H,15-16H2,1-6H3/p+1. The molecule has 1 aliphatic heterocycles. The molecule has 2 aromatic carbocycles. The first-order valence-electron chi connectivity index (χ1n) is 12.2. The molecule has 1 atom stereocenters. The zero-order chi connectivity index (χ0) is 25.1. The van der Waals surface area contributed by atoms with Crippen LogP contribution in [0.25, 0.3) is 16.5 Å². The van der Waals surface area contributed by atoms with E-state index < -0.39 is 0 Å². The Morgan fingerprint density at radius 2 is 1.83 bits per heavy atom. The molecule has 1 aromatic heterocycles. The molecule has 1 unspecified atom stereocenters. The first-order chi connectivity index (χ1) is 16.7. The molecule has 180 valence electrons. The molecule has 2 heterocycles. The number of hydrogen-bond acceptors (Lipinski definition) is 3. The number of fused-ring (bicyclic) bond motifs is 2. The number of rotatable bonds is 6. The van der Waals surface area contributed by atoms with Gasteiger partial charge in [0.2, 0.25) is 11.5 Å². The molecular formula is C30H33N2O3+. The Morgan fingerprint density at radius 3 is 2.51 bits per heavy atom. The lowest BCUT2D eigenvalue weighted by Gasteiger charge is -2.23. The highest BCUT2D eigenvalue weighted by Gasteiger charge is 2.45. The summed E-state index contributed by atoms with van der Waals surface area (Å²) in [5.41, 5.74) is 6.76. The van der Waals surface area contributed by atoms with Crippen molar-refractivity contribution in [1.29, 1.82) is 0 Å². The second kappa shape index (κ2) is 8.35. The number of carbonyl (C=O) groups is 1. The van der Waals surface area contributed by atoms with Gasteiger partial charge in [0.25, 0.3) is 0 Å². The van der Waals surface area contributed by atoms with E-state index in [1.54, 1.807) is 7.11 Å². The van der Waals surface area contributed by atoms with Crippen molar-refractivity contribution in [2.24, 2.45) is 0 Å². The zero-order valence-corrected chi connectivity index (χ0v) is 21.3. The lowest BCUT2D eigenvalue weighted by molar-refractivity contribution is -0.401. The number of ether oxygens (including phenoxy) is 1. The average molecular weight is 470 g/mol. The van der Waals surface area contributed by atoms with Crippen molar-refractivity contribution in [2.75, 3.05) is 14.2 Å². The van der Waals surface area contributed by atoms with Gasteiger partial charge in [-0.25, -0.2) is 0 Å². The topological polar surface area (TPSA) is 54.5 Å². The van der Waals surface area contributed by atoms with E-state index in [-0.39, 0.29) is 23.1 Å². The molecular weight excluding hydrogens is 436 g/mol. The fourth-order valence-corrected chi connectivity index (χ4v) is 5.65. The molecule has 35 heavy (non-hydrogen) atoms. The number of benzene rings is 2. The summed E-state index contributed by atoms with van der Waals surface area (Å²) < 4.78 is 9.79. The van der Waals surface area contributed by atoms with Crippen molar-refractivity contribution in [1.82, 2.24) is 4.57 Å². The van der Waals surface area contributed by atoms with Crippen molar-refractivity contribution in [2.45, 2.75) is 52.2 Å². The minimum atomic E-state index is -0.265. The molecule has 1 N–H and O–H groups in total. The number of allylic oxidation sites excluding steroid dienone is 3. The van der Waals surface area contributed by atoms with E-state index >= 15 is 0 Å². The predicted molar refractivity (Wildman–Crippen MR) is 141 cm³/mol. The van der Waals surface area contributed by atoms with Crippen LogP contribution in [0.15, 0.2) is 65.9 Å². The summed E-state index contributed by atoms with van der Waals surface area (Å²) >= 11 is 0. The Hall–Kier alpha value is -3.44. The number of hydrogen-bond donors (Lipinski definition) is 1. The van der Waals surface area contributed by atoms with E-state index in [2.05, 4.69) is 48.1 Å². The van der Waals surface area contributed by atoms with E-state index in [0.29, 0.717) is 11.1 Å².